The first-order valence-corrected chi connectivity index (χ1v) is 5.49. The van der Waals surface area contributed by atoms with Crippen LogP contribution in [-0.4, -0.2) is 25.9 Å². The molecule has 0 spiro atoms. The summed E-state index contributed by atoms with van der Waals surface area (Å²) in [5, 5.41) is 0. The Labute approximate surface area is 94.3 Å². The first-order valence-electron chi connectivity index (χ1n) is 5.49. The molecule has 0 radical (unpaired) electrons. The number of benzene rings is 1. The fraction of sp³-hybridized carbons (Fsp3) is 0.500. The van der Waals surface area contributed by atoms with E-state index < -0.39 is 0 Å². The average molecular weight is 225 g/mol. The van der Waals surface area contributed by atoms with E-state index in [0.717, 1.165) is 6.42 Å². The number of nitrogens with two attached hydrogens (primary N) is 1. The zero-order valence-electron chi connectivity index (χ0n) is 9.06. The lowest BCUT2D eigenvalue weighted by Gasteiger charge is -2.20. The molecule has 0 aromatic heterocycles. The van der Waals surface area contributed by atoms with Gasteiger partial charge in [0.05, 0.1) is 18.8 Å². The highest BCUT2D eigenvalue weighted by Crippen LogP contribution is 2.23. The molecule has 2 unspecified atom stereocenters. The third-order valence-corrected chi connectivity index (χ3v) is 2.71. The summed E-state index contributed by atoms with van der Waals surface area (Å²) in [5.41, 5.74) is 6.14. The Kier molecular flexibility index (Phi) is 3.88. The maximum Gasteiger partial charge on any atom is 0.129 e. The van der Waals surface area contributed by atoms with E-state index in [4.69, 9.17) is 15.2 Å². The normalized spacial score (nSPS) is 22.2. The van der Waals surface area contributed by atoms with Crippen LogP contribution in [0.1, 0.15) is 18.1 Å². The summed E-state index contributed by atoms with van der Waals surface area (Å²) in [5.74, 6) is -0.267. The van der Waals surface area contributed by atoms with Gasteiger partial charge in [-0.15, -0.1) is 0 Å². The third-order valence-electron chi connectivity index (χ3n) is 2.71. The first kappa shape index (κ1) is 11.5. The standard InChI is InChI=1S/C12H16FNO2/c13-11-4-2-1-3-10(11)12(7-14)16-9-5-6-15-8-9/h1-4,9,12H,5-8,14H2. The minimum atomic E-state index is -0.382. The molecule has 1 aromatic rings. The van der Waals surface area contributed by atoms with Crippen LogP contribution in [0.2, 0.25) is 0 Å². The molecule has 1 fully saturated rings. The van der Waals surface area contributed by atoms with E-state index in [-0.39, 0.29) is 24.6 Å². The van der Waals surface area contributed by atoms with Crippen LogP contribution >= 0.6 is 0 Å². The number of hydrogen-bond acceptors (Lipinski definition) is 3. The van der Waals surface area contributed by atoms with Crippen LogP contribution < -0.4 is 5.73 Å². The molecule has 1 aliphatic rings. The van der Waals surface area contributed by atoms with Crippen molar-refractivity contribution in [1.29, 1.82) is 0 Å². The van der Waals surface area contributed by atoms with Crippen molar-refractivity contribution in [2.75, 3.05) is 19.8 Å². The van der Waals surface area contributed by atoms with Gasteiger partial charge in [0.25, 0.3) is 0 Å². The van der Waals surface area contributed by atoms with E-state index in [1.165, 1.54) is 6.07 Å². The van der Waals surface area contributed by atoms with Gasteiger partial charge < -0.3 is 15.2 Å². The molecule has 3 nitrogen and oxygen atoms in total. The quantitative estimate of drug-likeness (QED) is 0.847. The zero-order chi connectivity index (χ0) is 11.4. The Morgan fingerprint density at radius 3 is 2.94 bits per heavy atom. The Bertz CT molecular complexity index is 340. The molecule has 0 saturated carbocycles. The van der Waals surface area contributed by atoms with Gasteiger partial charge in [0.2, 0.25) is 0 Å². The SMILES string of the molecule is NCC(OC1CCOC1)c1ccccc1F. The van der Waals surface area contributed by atoms with Gasteiger partial charge in [-0.3, -0.25) is 0 Å². The smallest absolute Gasteiger partial charge is 0.129 e. The molecular formula is C12H16FNO2. The van der Waals surface area contributed by atoms with Gasteiger partial charge in [-0.25, -0.2) is 4.39 Å². The molecule has 0 aliphatic carbocycles. The van der Waals surface area contributed by atoms with Gasteiger partial charge >= 0.3 is 0 Å². The van der Waals surface area contributed by atoms with Crippen molar-refractivity contribution >= 4 is 0 Å². The summed E-state index contributed by atoms with van der Waals surface area (Å²) < 4.78 is 24.5. The fourth-order valence-corrected chi connectivity index (χ4v) is 1.84. The van der Waals surface area contributed by atoms with Gasteiger partial charge in [0.1, 0.15) is 5.82 Å². The lowest BCUT2D eigenvalue weighted by molar-refractivity contribution is -0.0140. The van der Waals surface area contributed by atoms with Crippen molar-refractivity contribution in [2.24, 2.45) is 5.73 Å². The Morgan fingerprint density at radius 1 is 1.50 bits per heavy atom. The number of rotatable bonds is 4. The highest BCUT2D eigenvalue weighted by atomic mass is 19.1. The average Bonchev–Trinajstić information content (AvgIpc) is 2.80. The van der Waals surface area contributed by atoms with Crippen molar-refractivity contribution in [3.8, 4) is 0 Å². The van der Waals surface area contributed by atoms with E-state index in [1.807, 2.05) is 0 Å². The van der Waals surface area contributed by atoms with Crippen LogP contribution in [0, 0.1) is 5.82 Å². The second-order valence-corrected chi connectivity index (χ2v) is 3.87. The van der Waals surface area contributed by atoms with Crippen LogP contribution in [0.3, 0.4) is 0 Å². The zero-order valence-corrected chi connectivity index (χ0v) is 9.06. The van der Waals surface area contributed by atoms with Gasteiger partial charge in [-0.05, 0) is 12.5 Å². The highest BCUT2D eigenvalue weighted by Gasteiger charge is 2.22. The van der Waals surface area contributed by atoms with E-state index in [2.05, 4.69) is 0 Å². The van der Waals surface area contributed by atoms with Gasteiger partial charge in [0.15, 0.2) is 0 Å². The lowest BCUT2D eigenvalue weighted by Crippen LogP contribution is -2.23. The molecule has 1 aromatic carbocycles. The fourth-order valence-electron chi connectivity index (χ4n) is 1.84. The lowest BCUT2D eigenvalue weighted by atomic mass is 10.1. The molecule has 4 heteroatoms. The molecule has 16 heavy (non-hydrogen) atoms. The first-order chi connectivity index (χ1) is 7.81. The van der Waals surface area contributed by atoms with Crippen LogP contribution in [0.15, 0.2) is 24.3 Å². The number of hydrogen-bond donors (Lipinski definition) is 1. The predicted molar refractivity (Wildman–Crippen MR) is 58.5 cm³/mol. The van der Waals surface area contributed by atoms with Gasteiger partial charge in [-0.2, -0.15) is 0 Å². The van der Waals surface area contributed by atoms with Crippen molar-refractivity contribution in [3.05, 3.63) is 35.6 Å². The van der Waals surface area contributed by atoms with Crippen LogP contribution in [0.5, 0.6) is 0 Å². The molecule has 0 bridgehead atoms. The van der Waals surface area contributed by atoms with Crippen molar-refractivity contribution in [1.82, 2.24) is 0 Å². The van der Waals surface area contributed by atoms with Crippen LogP contribution in [0.4, 0.5) is 4.39 Å². The van der Waals surface area contributed by atoms with E-state index in [0.29, 0.717) is 18.8 Å². The van der Waals surface area contributed by atoms with E-state index >= 15 is 0 Å². The molecule has 88 valence electrons. The predicted octanol–water partition coefficient (Wildman–Crippen LogP) is 1.63. The maximum atomic E-state index is 13.5. The third kappa shape index (κ3) is 2.58. The molecule has 2 rings (SSSR count). The summed E-state index contributed by atoms with van der Waals surface area (Å²) in [7, 11) is 0. The maximum absolute atomic E-state index is 13.5. The summed E-state index contributed by atoms with van der Waals surface area (Å²) in [6.07, 6.45) is 0.506. The van der Waals surface area contributed by atoms with Crippen molar-refractivity contribution < 1.29 is 13.9 Å². The largest absolute Gasteiger partial charge is 0.379 e. The molecular weight excluding hydrogens is 209 g/mol. The minimum Gasteiger partial charge on any atom is -0.379 e. The summed E-state index contributed by atoms with van der Waals surface area (Å²) >= 11 is 0. The van der Waals surface area contributed by atoms with E-state index in [9.17, 15) is 4.39 Å². The monoisotopic (exact) mass is 225 g/mol. The second kappa shape index (κ2) is 5.39. The minimum absolute atomic E-state index is 0.0353. The molecule has 1 aliphatic heterocycles. The Hall–Kier alpha value is -0.970. The van der Waals surface area contributed by atoms with Crippen molar-refractivity contribution in [2.45, 2.75) is 18.6 Å². The van der Waals surface area contributed by atoms with E-state index in [1.54, 1.807) is 18.2 Å². The van der Waals surface area contributed by atoms with Crippen LogP contribution in [-0.2, 0) is 9.47 Å². The Balaban J connectivity index is 2.06. The van der Waals surface area contributed by atoms with Crippen LogP contribution in [0.25, 0.3) is 0 Å². The van der Waals surface area contributed by atoms with Gasteiger partial charge in [-0.1, -0.05) is 18.2 Å². The topological polar surface area (TPSA) is 44.5 Å². The summed E-state index contributed by atoms with van der Waals surface area (Å²) in [4.78, 5) is 0. The molecule has 0 amide bonds. The van der Waals surface area contributed by atoms with Crippen molar-refractivity contribution in [3.63, 3.8) is 0 Å². The molecule has 1 heterocycles. The Morgan fingerprint density at radius 2 is 2.31 bits per heavy atom. The van der Waals surface area contributed by atoms with Gasteiger partial charge in [0, 0.05) is 18.7 Å². The number of halogens is 1. The molecule has 2 N–H and O–H groups in total. The summed E-state index contributed by atoms with van der Waals surface area (Å²) in [6, 6.07) is 6.58. The second-order valence-electron chi connectivity index (χ2n) is 3.87. The number of ether oxygens (including phenoxy) is 2. The molecule has 1 saturated heterocycles. The molecule has 2 atom stereocenters. The highest BCUT2D eigenvalue weighted by molar-refractivity contribution is 5.20. The summed E-state index contributed by atoms with van der Waals surface area (Å²) in [6.45, 7) is 1.56.